The molecule has 17 heavy (non-hydrogen) atoms. The van der Waals surface area contributed by atoms with Gasteiger partial charge in [0.15, 0.2) is 0 Å². The van der Waals surface area contributed by atoms with Crippen molar-refractivity contribution >= 4 is 11.6 Å². The Balaban J connectivity index is 2.15. The van der Waals surface area contributed by atoms with E-state index < -0.39 is 0 Å². The fourth-order valence-electron chi connectivity index (χ4n) is 2.88. The van der Waals surface area contributed by atoms with Crippen molar-refractivity contribution in [3.8, 4) is 0 Å². The third-order valence-electron chi connectivity index (χ3n) is 4.22. The Kier molecular flexibility index (Phi) is 3.74. The molecule has 3 atom stereocenters. The van der Waals surface area contributed by atoms with E-state index in [2.05, 4.69) is 18.8 Å². The van der Waals surface area contributed by atoms with E-state index in [0.29, 0.717) is 5.92 Å². The predicted molar refractivity (Wildman–Crippen MR) is 72.0 cm³/mol. The highest BCUT2D eigenvalue weighted by atomic mass is 35.5. The molecule has 0 amide bonds. The Hall–Kier alpha value is -0.600. The van der Waals surface area contributed by atoms with Crippen molar-refractivity contribution in [3.63, 3.8) is 0 Å². The fraction of sp³-hybridized carbons (Fsp3) is 0.643. The van der Waals surface area contributed by atoms with Gasteiger partial charge >= 0.3 is 0 Å². The van der Waals surface area contributed by atoms with E-state index in [0.717, 1.165) is 29.3 Å². The number of nitrogens with zero attached hydrogens (tertiary/aromatic N) is 1. The maximum absolute atomic E-state index is 6.59. The first-order valence-corrected chi connectivity index (χ1v) is 6.76. The molecule has 2 nitrogen and oxygen atoms in total. The summed E-state index contributed by atoms with van der Waals surface area (Å²) in [5.74, 6) is 1.35. The summed E-state index contributed by atoms with van der Waals surface area (Å²) in [7, 11) is 0. The third kappa shape index (κ3) is 2.80. The zero-order chi connectivity index (χ0) is 12.5. The van der Waals surface area contributed by atoms with Crippen LogP contribution in [-0.4, -0.2) is 10.5 Å². The van der Waals surface area contributed by atoms with E-state index in [-0.39, 0.29) is 5.54 Å². The first-order chi connectivity index (χ1) is 8.01. The molecule has 0 bridgehead atoms. The lowest BCUT2D eigenvalue weighted by molar-refractivity contribution is 0.163. The van der Waals surface area contributed by atoms with Crippen molar-refractivity contribution in [2.75, 3.05) is 0 Å². The van der Waals surface area contributed by atoms with Gasteiger partial charge < -0.3 is 5.73 Å². The topological polar surface area (TPSA) is 38.9 Å². The predicted octanol–water partition coefficient (Wildman–Crippen LogP) is 3.43. The van der Waals surface area contributed by atoms with Crippen LogP contribution in [0.2, 0.25) is 5.02 Å². The van der Waals surface area contributed by atoms with E-state index in [1.165, 1.54) is 12.8 Å². The van der Waals surface area contributed by atoms with Crippen molar-refractivity contribution in [1.29, 1.82) is 0 Å². The number of rotatable bonds is 2. The molecule has 2 N–H and O–H groups in total. The van der Waals surface area contributed by atoms with Gasteiger partial charge in [-0.3, -0.25) is 4.98 Å². The molecule has 1 fully saturated rings. The summed E-state index contributed by atoms with van der Waals surface area (Å²) >= 11 is 6.16. The molecule has 1 aliphatic rings. The molecule has 1 aliphatic carbocycles. The third-order valence-corrected chi connectivity index (χ3v) is 4.56. The van der Waals surface area contributed by atoms with Crippen LogP contribution < -0.4 is 5.73 Å². The van der Waals surface area contributed by atoms with E-state index in [4.69, 9.17) is 17.3 Å². The normalized spacial score (nSPS) is 33.6. The van der Waals surface area contributed by atoms with E-state index in [1.807, 2.05) is 6.07 Å². The van der Waals surface area contributed by atoms with Gasteiger partial charge in [0.25, 0.3) is 0 Å². The standard InChI is InChI=1S/C14H21ClN2/c1-10-3-5-14(16,11(2)7-10)8-12-4-6-17-9-13(12)15/h4,6,9-11H,3,5,7-8,16H2,1-2H3. The monoisotopic (exact) mass is 252 g/mol. The quantitative estimate of drug-likeness (QED) is 0.876. The van der Waals surface area contributed by atoms with Crippen LogP contribution >= 0.6 is 11.6 Å². The maximum Gasteiger partial charge on any atom is 0.0621 e. The Bertz CT molecular complexity index is 394. The minimum absolute atomic E-state index is 0.0997. The highest BCUT2D eigenvalue weighted by Crippen LogP contribution is 2.37. The Labute approximate surface area is 109 Å². The summed E-state index contributed by atoms with van der Waals surface area (Å²) in [5.41, 5.74) is 7.62. The van der Waals surface area contributed by atoms with Gasteiger partial charge in [-0.1, -0.05) is 25.4 Å². The van der Waals surface area contributed by atoms with Crippen LogP contribution in [0, 0.1) is 11.8 Å². The summed E-state index contributed by atoms with van der Waals surface area (Å²) in [6.07, 6.45) is 7.90. The second-order valence-corrected chi connectivity index (χ2v) is 6.06. The number of nitrogens with two attached hydrogens (primary N) is 1. The number of hydrogen-bond acceptors (Lipinski definition) is 2. The highest BCUT2D eigenvalue weighted by Gasteiger charge is 2.37. The first-order valence-electron chi connectivity index (χ1n) is 6.38. The fourth-order valence-corrected chi connectivity index (χ4v) is 3.07. The molecular weight excluding hydrogens is 232 g/mol. The van der Waals surface area contributed by atoms with Gasteiger partial charge in [0.1, 0.15) is 0 Å². The van der Waals surface area contributed by atoms with Gasteiger partial charge in [0, 0.05) is 17.9 Å². The Morgan fingerprint density at radius 2 is 2.29 bits per heavy atom. The molecule has 94 valence electrons. The zero-order valence-electron chi connectivity index (χ0n) is 10.6. The molecule has 1 aromatic rings. The van der Waals surface area contributed by atoms with Gasteiger partial charge in [0.2, 0.25) is 0 Å². The molecule has 3 heteroatoms. The lowest BCUT2D eigenvalue weighted by Gasteiger charge is -2.42. The van der Waals surface area contributed by atoms with Crippen LogP contribution in [0.4, 0.5) is 0 Å². The number of pyridine rings is 1. The highest BCUT2D eigenvalue weighted by molar-refractivity contribution is 6.31. The van der Waals surface area contributed by atoms with Crippen molar-refractivity contribution in [2.45, 2.75) is 45.1 Å². The van der Waals surface area contributed by atoms with Gasteiger partial charge in [-0.2, -0.15) is 0 Å². The molecule has 1 heterocycles. The Morgan fingerprint density at radius 1 is 1.53 bits per heavy atom. The van der Waals surface area contributed by atoms with Gasteiger partial charge in [0.05, 0.1) is 5.02 Å². The number of halogens is 1. The van der Waals surface area contributed by atoms with Crippen LogP contribution in [0.3, 0.4) is 0 Å². The van der Waals surface area contributed by atoms with Crippen LogP contribution in [0.25, 0.3) is 0 Å². The molecule has 0 radical (unpaired) electrons. The van der Waals surface area contributed by atoms with Crippen LogP contribution in [0.1, 0.15) is 38.7 Å². The average Bonchev–Trinajstić information content (AvgIpc) is 2.28. The molecule has 1 aromatic heterocycles. The molecule has 0 aromatic carbocycles. The summed E-state index contributed by atoms with van der Waals surface area (Å²) in [6.45, 7) is 4.58. The lowest BCUT2D eigenvalue weighted by atomic mass is 9.68. The summed E-state index contributed by atoms with van der Waals surface area (Å²) in [6, 6.07) is 1.99. The van der Waals surface area contributed by atoms with Crippen LogP contribution in [0.5, 0.6) is 0 Å². The van der Waals surface area contributed by atoms with Crippen molar-refractivity contribution in [3.05, 3.63) is 29.0 Å². The number of hydrogen-bond donors (Lipinski definition) is 1. The smallest absolute Gasteiger partial charge is 0.0621 e. The summed E-state index contributed by atoms with van der Waals surface area (Å²) in [4.78, 5) is 4.02. The molecule has 0 saturated heterocycles. The van der Waals surface area contributed by atoms with E-state index >= 15 is 0 Å². The molecule has 3 unspecified atom stereocenters. The molecule has 0 aliphatic heterocycles. The SMILES string of the molecule is CC1CCC(N)(Cc2ccncc2Cl)C(C)C1. The van der Waals surface area contributed by atoms with Crippen molar-refractivity contribution < 1.29 is 0 Å². The van der Waals surface area contributed by atoms with Gasteiger partial charge in [-0.05, 0) is 49.1 Å². The molecule has 1 saturated carbocycles. The minimum Gasteiger partial charge on any atom is -0.325 e. The summed E-state index contributed by atoms with van der Waals surface area (Å²) in [5, 5.41) is 0.739. The first kappa shape index (κ1) is 12.8. The van der Waals surface area contributed by atoms with Gasteiger partial charge in [-0.15, -0.1) is 0 Å². The van der Waals surface area contributed by atoms with E-state index in [9.17, 15) is 0 Å². The van der Waals surface area contributed by atoms with Crippen LogP contribution in [0.15, 0.2) is 18.5 Å². The Morgan fingerprint density at radius 3 is 2.94 bits per heavy atom. The molecular formula is C14H21ClN2. The van der Waals surface area contributed by atoms with Crippen molar-refractivity contribution in [2.24, 2.45) is 17.6 Å². The maximum atomic E-state index is 6.59. The molecule has 0 spiro atoms. The lowest BCUT2D eigenvalue weighted by Crippen LogP contribution is -2.51. The summed E-state index contributed by atoms with van der Waals surface area (Å²) < 4.78 is 0. The van der Waals surface area contributed by atoms with Gasteiger partial charge in [-0.25, -0.2) is 0 Å². The minimum atomic E-state index is -0.0997. The second-order valence-electron chi connectivity index (χ2n) is 5.66. The second kappa shape index (κ2) is 4.95. The van der Waals surface area contributed by atoms with E-state index in [1.54, 1.807) is 12.4 Å². The van der Waals surface area contributed by atoms with Crippen molar-refractivity contribution in [1.82, 2.24) is 4.98 Å². The average molecular weight is 253 g/mol. The largest absolute Gasteiger partial charge is 0.325 e. The molecule has 2 rings (SSSR count). The van der Waals surface area contributed by atoms with Crippen LogP contribution in [-0.2, 0) is 6.42 Å². The number of aromatic nitrogens is 1. The zero-order valence-corrected chi connectivity index (χ0v) is 11.4.